The molecule has 0 amide bonds. The van der Waals surface area contributed by atoms with Crippen LogP contribution in [0.15, 0.2) is 0 Å². The molecule has 1 aromatic carbocycles. The first kappa shape index (κ1) is 17.7. The second kappa shape index (κ2) is 8.30. The van der Waals surface area contributed by atoms with Crippen molar-refractivity contribution in [1.82, 2.24) is 5.32 Å². The average molecular weight is 394 g/mol. The van der Waals surface area contributed by atoms with Crippen LogP contribution in [0.5, 0.6) is 5.75 Å². The van der Waals surface area contributed by atoms with E-state index >= 15 is 0 Å². The van der Waals surface area contributed by atoms with Crippen molar-refractivity contribution in [2.45, 2.75) is 18.9 Å². The van der Waals surface area contributed by atoms with Crippen LogP contribution in [0.4, 0.5) is 0 Å². The van der Waals surface area contributed by atoms with E-state index in [0.29, 0.717) is 13.2 Å². The number of hydrogen-bond acceptors (Lipinski definition) is 3. The summed E-state index contributed by atoms with van der Waals surface area (Å²) in [5.41, 5.74) is 0. The van der Waals surface area contributed by atoms with Gasteiger partial charge in [-0.05, 0) is 12.8 Å². The fourth-order valence-electron chi connectivity index (χ4n) is 2.01. The van der Waals surface area contributed by atoms with E-state index in [0.717, 1.165) is 26.0 Å². The normalized spacial score (nSPS) is 18.2. The van der Waals surface area contributed by atoms with Gasteiger partial charge in [0.25, 0.3) is 0 Å². The van der Waals surface area contributed by atoms with Crippen LogP contribution in [0.2, 0.25) is 25.1 Å². The Bertz CT molecular complexity index is 477. The molecule has 3 nitrogen and oxygen atoms in total. The quantitative estimate of drug-likeness (QED) is 0.414. The molecular weight excluding hydrogens is 379 g/mol. The van der Waals surface area contributed by atoms with Gasteiger partial charge in [0, 0.05) is 19.7 Å². The molecule has 1 aliphatic rings. The molecule has 0 radical (unpaired) electrons. The van der Waals surface area contributed by atoms with E-state index in [1.807, 2.05) is 0 Å². The van der Waals surface area contributed by atoms with Crippen LogP contribution in [0.1, 0.15) is 12.8 Å². The van der Waals surface area contributed by atoms with Crippen LogP contribution in [0, 0.1) is 0 Å². The van der Waals surface area contributed by atoms with Gasteiger partial charge < -0.3 is 14.8 Å². The van der Waals surface area contributed by atoms with E-state index < -0.39 is 0 Å². The van der Waals surface area contributed by atoms with Crippen molar-refractivity contribution < 1.29 is 9.47 Å². The Hall–Kier alpha value is 0.390. The molecule has 1 aromatic rings. The summed E-state index contributed by atoms with van der Waals surface area (Å²) < 4.78 is 11.1. The third kappa shape index (κ3) is 4.44. The Kier molecular flexibility index (Phi) is 7.01. The predicted octanol–water partition coefficient (Wildman–Crippen LogP) is 5.10. The van der Waals surface area contributed by atoms with Crippen LogP contribution in [0.25, 0.3) is 0 Å². The van der Waals surface area contributed by atoms with Gasteiger partial charge in [-0.15, -0.1) is 0 Å². The standard InChI is InChI=1S/C13H14Cl5NO2/c14-8-9(15)11(17)13(12(18)10(8)16)21-5-3-19-6-7-2-1-4-20-7/h7,19H,1-6H2. The maximum absolute atomic E-state index is 6.07. The second-order valence-electron chi connectivity index (χ2n) is 4.59. The van der Waals surface area contributed by atoms with Crippen molar-refractivity contribution in [3.63, 3.8) is 0 Å². The summed E-state index contributed by atoms with van der Waals surface area (Å²) >= 11 is 30.0. The molecule has 1 unspecified atom stereocenters. The van der Waals surface area contributed by atoms with Crippen molar-refractivity contribution in [1.29, 1.82) is 0 Å². The molecule has 0 bridgehead atoms. The summed E-state index contributed by atoms with van der Waals surface area (Å²) in [6.45, 7) is 2.65. The van der Waals surface area contributed by atoms with Crippen molar-refractivity contribution >= 4 is 58.0 Å². The minimum absolute atomic E-state index is 0.122. The fourth-order valence-corrected chi connectivity index (χ4v) is 3.24. The van der Waals surface area contributed by atoms with E-state index in [1.54, 1.807) is 0 Å². The molecule has 1 aliphatic heterocycles. The maximum Gasteiger partial charge on any atom is 0.159 e. The Morgan fingerprint density at radius 1 is 1.00 bits per heavy atom. The Morgan fingerprint density at radius 3 is 2.19 bits per heavy atom. The van der Waals surface area contributed by atoms with Gasteiger partial charge in [0.15, 0.2) is 5.75 Å². The topological polar surface area (TPSA) is 30.5 Å². The van der Waals surface area contributed by atoms with E-state index in [9.17, 15) is 0 Å². The van der Waals surface area contributed by atoms with Gasteiger partial charge in [0.2, 0.25) is 0 Å². The van der Waals surface area contributed by atoms with E-state index in [-0.39, 0.29) is 37.0 Å². The van der Waals surface area contributed by atoms with Gasteiger partial charge >= 0.3 is 0 Å². The molecule has 0 spiro atoms. The van der Waals surface area contributed by atoms with Crippen LogP contribution >= 0.6 is 58.0 Å². The van der Waals surface area contributed by atoms with Crippen LogP contribution in [-0.2, 0) is 4.74 Å². The van der Waals surface area contributed by atoms with Gasteiger partial charge in [-0.25, -0.2) is 0 Å². The molecule has 1 N–H and O–H groups in total. The minimum atomic E-state index is 0.122. The summed E-state index contributed by atoms with van der Waals surface area (Å²) in [6.07, 6.45) is 2.50. The molecule has 1 fully saturated rings. The molecule has 21 heavy (non-hydrogen) atoms. The smallest absolute Gasteiger partial charge is 0.159 e. The molecule has 1 atom stereocenters. The Morgan fingerprint density at radius 2 is 1.62 bits per heavy atom. The van der Waals surface area contributed by atoms with Gasteiger partial charge in [-0.3, -0.25) is 0 Å². The molecule has 118 valence electrons. The monoisotopic (exact) mass is 391 g/mol. The highest BCUT2D eigenvalue weighted by molar-refractivity contribution is 6.55. The second-order valence-corrected chi connectivity index (χ2v) is 6.48. The molecular formula is C13H14Cl5NO2. The molecule has 1 heterocycles. The van der Waals surface area contributed by atoms with Crippen molar-refractivity contribution in [3.05, 3.63) is 25.1 Å². The summed E-state index contributed by atoms with van der Waals surface area (Å²) in [6, 6.07) is 0. The van der Waals surface area contributed by atoms with Gasteiger partial charge in [-0.2, -0.15) is 0 Å². The molecule has 8 heteroatoms. The first-order valence-corrected chi connectivity index (χ1v) is 8.38. The first-order chi connectivity index (χ1) is 10.0. The zero-order valence-electron chi connectivity index (χ0n) is 11.0. The minimum Gasteiger partial charge on any atom is -0.489 e. The zero-order chi connectivity index (χ0) is 15.4. The zero-order valence-corrected chi connectivity index (χ0v) is 14.8. The number of benzene rings is 1. The molecule has 2 rings (SSSR count). The lowest BCUT2D eigenvalue weighted by molar-refractivity contribution is 0.109. The molecule has 0 aromatic heterocycles. The lowest BCUT2D eigenvalue weighted by Gasteiger charge is -2.15. The van der Waals surface area contributed by atoms with Gasteiger partial charge in [-0.1, -0.05) is 58.0 Å². The number of rotatable bonds is 6. The van der Waals surface area contributed by atoms with Crippen LogP contribution in [0.3, 0.4) is 0 Å². The highest BCUT2D eigenvalue weighted by Gasteiger charge is 2.20. The lowest BCUT2D eigenvalue weighted by atomic mass is 10.2. The highest BCUT2D eigenvalue weighted by atomic mass is 35.5. The van der Waals surface area contributed by atoms with Crippen molar-refractivity contribution in [3.8, 4) is 5.75 Å². The predicted molar refractivity (Wildman–Crippen MR) is 88.8 cm³/mol. The number of ether oxygens (including phenoxy) is 2. The third-order valence-corrected chi connectivity index (χ3v) is 5.33. The van der Waals surface area contributed by atoms with Crippen molar-refractivity contribution in [2.75, 3.05) is 26.3 Å². The Labute approximate surface area is 148 Å². The fraction of sp³-hybridized carbons (Fsp3) is 0.538. The lowest BCUT2D eigenvalue weighted by Crippen LogP contribution is -2.29. The number of nitrogens with one attached hydrogen (secondary N) is 1. The summed E-state index contributed by atoms with van der Waals surface area (Å²) in [4.78, 5) is 0. The van der Waals surface area contributed by atoms with Crippen LogP contribution < -0.4 is 10.1 Å². The average Bonchev–Trinajstić information content (AvgIpc) is 2.99. The number of hydrogen-bond donors (Lipinski definition) is 1. The van der Waals surface area contributed by atoms with Gasteiger partial charge in [0.05, 0.1) is 21.2 Å². The largest absolute Gasteiger partial charge is 0.489 e. The summed E-state index contributed by atoms with van der Waals surface area (Å²) in [5.74, 6) is 0.247. The maximum atomic E-state index is 6.07. The molecule has 0 aliphatic carbocycles. The molecule has 0 saturated carbocycles. The van der Waals surface area contributed by atoms with Crippen molar-refractivity contribution in [2.24, 2.45) is 0 Å². The van der Waals surface area contributed by atoms with Gasteiger partial charge in [0.1, 0.15) is 16.7 Å². The summed E-state index contributed by atoms with van der Waals surface area (Å²) in [5, 5.41) is 3.96. The molecule has 1 saturated heterocycles. The van der Waals surface area contributed by atoms with Crippen LogP contribution in [-0.4, -0.2) is 32.4 Å². The number of halogens is 5. The van der Waals surface area contributed by atoms with E-state index in [1.165, 1.54) is 0 Å². The first-order valence-electron chi connectivity index (χ1n) is 6.49. The SMILES string of the molecule is Clc1c(Cl)c(Cl)c(OCCNCC2CCCO2)c(Cl)c1Cl. The summed E-state index contributed by atoms with van der Waals surface area (Å²) in [7, 11) is 0. The van der Waals surface area contributed by atoms with E-state index in [2.05, 4.69) is 5.32 Å². The highest BCUT2D eigenvalue weighted by Crippen LogP contribution is 2.48. The Balaban J connectivity index is 1.85. The third-order valence-electron chi connectivity index (χ3n) is 3.09. The van der Waals surface area contributed by atoms with E-state index in [4.69, 9.17) is 67.5 Å².